The number of carbonyl (C=O) groups is 1. The summed E-state index contributed by atoms with van der Waals surface area (Å²) in [6, 6.07) is 13.6. The first-order valence-electron chi connectivity index (χ1n) is 8.71. The van der Waals surface area contributed by atoms with E-state index in [1.54, 1.807) is 4.57 Å². The number of thioether (sulfide) groups is 1. The predicted octanol–water partition coefficient (Wildman–Crippen LogP) is 4.36. The molecule has 0 unspecified atom stereocenters. The maximum absolute atomic E-state index is 12.5. The first-order chi connectivity index (χ1) is 14.0. The highest BCUT2D eigenvalue weighted by molar-refractivity contribution is 7.98. The second-order valence-electron chi connectivity index (χ2n) is 6.35. The average molecular weight is 445 g/mol. The van der Waals surface area contributed by atoms with Gasteiger partial charge < -0.3 is 11.1 Å². The number of halogens is 1. The van der Waals surface area contributed by atoms with Gasteiger partial charge in [0.2, 0.25) is 11.9 Å². The summed E-state index contributed by atoms with van der Waals surface area (Å²) in [7, 11) is 0. The second kappa shape index (κ2) is 8.40. The maximum Gasteiger partial charge on any atom is 0.246 e. The monoisotopic (exact) mass is 444 g/mol. The Morgan fingerprint density at radius 3 is 2.93 bits per heavy atom. The number of nitrogen functional groups attached to an aromatic ring is 1. The van der Waals surface area contributed by atoms with E-state index < -0.39 is 0 Å². The summed E-state index contributed by atoms with van der Waals surface area (Å²) in [5.74, 6) is 0.532. The highest BCUT2D eigenvalue weighted by Gasteiger charge is 2.16. The number of aromatic nitrogens is 4. The molecule has 1 amide bonds. The van der Waals surface area contributed by atoms with Gasteiger partial charge in [-0.2, -0.15) is 0 Å². The van der Waals surface area contributed by atoms with Crippen LogP contribution in [-0.2, 0) is 17.1 Å². The van der Waals surface area contributed by atoms with Gasteiger partial charge in [-0.05, 0) is 36.2 Å². The van der Waals surface area contributed by atoms with E-state index in [4.69, 9.17) is 17.3 Å². The quantitative estimate of drug-likeness (QED) is 0.428. The van der Waals surface area contributed by atoms with Gasteiger partial charge in [0.15, 0.2) is 10.3 Å². The zero-order valence-electron chi connectivity index (χ0n) is 15.4. The van der Waals surface area contributed by atoms with Crippen LogP contribution in [0.5, 0.6) is 0 Å². The van der Waals surface area contributed by atoms with Crippen LogP contribution in [0.4, 0.5) is 11.1 Å². The Bertz CT molecular complexity index is 1190. The summed E-state index contributed by atoms with van der Waals surface area (Å²) in [6.45, 7) is 2.02. The lowest BCUT2D eigenvalue weighted by Gasteiger charge is -2.08. The first kappa shape index (κ1) is 19.7. The lowest BCUT2D eigenvalue weighted by Crippen LogP contribution is -2.20. The van der Waals surface area contributed by atoms with Crippen LogP contribution in [0.25, 0.3) is 10.2 Å². The molecule has 0 spiro atoms. The number of hydrogen-bond acceptors (Lipinski definition) is 7. The van der Waals surface area contributed by atoms with E-state index >= 15 is 0 Å². The van der Waals surface area contributed by atoms with E-state index in [1.807, 2.05) is 49.4 Å². The third-order valence-corrected chi connectivity index (χ3v) is 6.47. The third kappa shape index (κ3) is 4.52. The van der Waals surface area contributed by atoms with E-state index in [2.05, 4.69) is 20.5 Å². The Balaban J connectivity index is 1.45. The number of thiazole rings is 1. The van der Waals surface area contributed by atoms with Crippen LogP contribution in [-0.4, -0.2) is 25.7 Å². The molecule has 2 aromatic heterocycles. The molecule has 3 N–H and O–H groups in total. The minimum Gasteiger partial charge on any atom is -0.368 e. The lowest BCUT2D eigenvalue weighted by atomic mass is 10.2. The molecule has 0 radical (unpaired) electrons. The van der Waals surface area contributed by atoms with Gasteiger partial charge in [-0.25, -0.2) is 4.98 Å². The Kier molecular flexibility index (Phi) is 5.70. The van der Waals surface area contributed by atoms with Crippen molar-refractivity contribution in [3.8, 4) is 0 Å². The van der Waals surface area contributed by atoms with Gasteiger partial charge in [0.05, 0.1) is 10.2 Å². The van der Waals surface area contributed by atoms with Crippen LogP contribution in [0, 0.1) is 6.92 Å². The molecular weight excluding hydrogens is 428 g/mol. The fourth-order valence-corrected chi connectivity index (χ4v) is 4.91. The Hall–Kier alpha value is -2.62. The Morgan fingerprint density at radius 1 is 1.28 bits per heavy atom. The first-order valence-corrected chi connectivity index (χ1v) is 10.9. The van der Waals surface area contributed by atoms with Gasteiger partial charge >= 0.3 is 0 Å². The molecule has 0 saturated carbocycles. The number of rotatable bonds is 6. The van der Waals surface area contributed by atoms with Crippen molar-refractivity contribution < 1.29 is 4.79 Å². The van der Waals surface area contributed by atoms with Crippen LogP contribution >= 0.6 is 34.7 Å². The van der Waals surface area contributed by atoms with E-state index in [0.29, 0.717) is 21.1 Å². The number of carbonyl (C=O) groups excluding carboxylic acids is 1. The highest BCUT2D eigenvalue weighted by atomic mass is 35.5. The zero-order valence-corrected chi connectivity index (χ0v) is 17.8. The normalized spacial score (nSPS) is 11.1. The Labute approximate surface area is 180 Å². The van der Waals surface area contributed by atoms with Crippen molar-refractivity contribution in [2.75, 3.05) is 11.1 Å². The Morgan fingerprint density at radius 2 is 2.10 bits per heavy atom. The molecule has 7 nitrogen and oxygen atoms in total. The molecule has 0 aliphatic rings. The molecule has 2 aromatic carbocycles. The molecule has 0 saturated heterocycles. The molecule has 4 rings (SSSR count). The van der Waals surface area contributed by atoms with Crippen molar-refractivity contribution in [3.05, 3.63) is 58.6 Å². The van der Waals surface area contributed by atoms with Crippen molar-refractivity contribution in [1.82, 2.24) is 19.7 Å². The summed E-state index contributed by atoms with van der Waals surface area (Å²) in [5, 5.41) is 12.6. The van der Waals surface area contributed by atoms with E-state index in [1.165, 1.54) is 23.1 Å². The van der Waals surface area contributed by atoms with Crippen molar-refractivity contribution >= 4 is 61.9 Å². The van der Waals surface area contributed by atoms with Crippen LogP contribution in [0.15, 0.2) is 47.6 Å². The number of nitrogens with zero attached hydrogens (tertiary/aromatic N) is 4. The summed E-state index contributed by atoms with van der Waals surface area (Å²) in [4.78, 5) is 17.0. The van der Waals surface area contributed by atoms with Gasteiger partial charge in [-0.15, -0.1) is 10.2 Å². The van der Waals surface area contributed by atoms with Crippen molar-refractivity contribution in [3.63, 3.8) is 0 Å². The summed E-state index contributed by atoms with van der Waals surface area (Å²) >= 11 is 9.06. The van der Waals surface area contributed by atoms with Gasteiger partial charge in [0.1, 0.15) is 6.54 Å². The highest BCUT2D eigenvalue weighted by Crippen LogP contribution is 2.28. The van der Waals surface area contributed by atoms with Crippen LogP contribution in [0.1, 0.15) is 11.1 Å². The molecule has 10 heteroatoms. The fourth-order valence-electron chi connectivity index (χ4n) is 2.70. The maximum atomic E-state index is 12.5. The van der Waals surface area contributed by atoms with Crippen molar-refractivity contribution in [2.24, 2.45) is 0 Å². The molecule has 0 bridgehead atoms. The van der Waals surface area contributed by atoms with Gasteiger partial charge in [0, 0.05) is 10.8 Å². The molecule has 4 aromatic rings. The van der Waals surface area contributed by atoms with Crippen molar-refractivity contribution in [1.29, 1.82) is 0 Å². The molecule has 0 aliphatic carbocycles. The van der Waals surface area contributed by atoms with E-state index in [-0.39, 0.29) is 18.4 Å². The number of benzene rings is 2. The molecule has 0 atom stereocenters. The number of anilines is 2. The molecule has 29 heavy (non-hydrogen) atoms. The second-order valence-corrected chi connectivity index (χ2v) is 8.73. The average Bonchev–Trinajstić information content (AvgIpc) is 3.24. The zero-order chi connectivity index (χ0) is 20.4. The van der Waals surface area contributed by atoms with Crippen LogP contribution in [0.3, 0.4) is 0 Å². The number of fused-ring (bicyclic) bond motifs is 1. The predicted molar refractivity (Wildman–Crippen MR) is 118 cm³/mol. The van der Waals surface area contributed by atoms with Gasteiger partial charge in [-0.1, -0.05) is 59.0 Å². The lowest BCUT2D eigenvalue weighted by molar-refractivity contribution is -0.116. The van der Waals surface area contributed by atoms with Gasteiger partial charge in [0.25, 0.3) is 0 Å². The summed E-state index contributed by atoms with van der Waals surface area (Å²) in [6.07, 6.45) is 0. The molecule has 0 aliphatic heterocycles. The molecule has 2 heterocycles. The van der Waals surface area contributed by atoms with Crippen molar-refractivity contribution in [2.45, 2.75) is 24.4 Å². The smallest absolute Gasteiger partial charge is 0.246 e. The fraction of sp³-hybridized carbons (Fsp3) is 0.158. The third-order valence-electron chi connectivity index (χ3n) is 4.15. The molecule has 148 valence electrons. The summed E-state index contributed by atoms with van der Waals surface area (Å²) in [5.41, 5.74) is 8.90. The summed E-state index contributed by atoms with van der Waals surface area (Å²) < 4.78 is 2.61. The number of amides is 1. The number of aryl methyl sites for hydroxylation is 1. The van der Waals surface area contributed by atoms with E-state index in [0.717, 1.165) is 21.3 Å². The standard InChI is InChI=1S/C19H17ClN6OS2/c1-11-6-7-14-15(8-11)29-18(22-14)23-16(27)9-26-17(21)24-25-19(26)28-10-12-4-2-3-5-13(12)20/h2-8H,9-10H2,1H3,(H2,21,24)(H,22,23,27). The minimum absolute atomic E-state index is 0.00135. The number of nitrogens with two attached hydrogens (primary N) is 1. The largest absolute Gasteiger partial charge is 0.368 e. The van der Waals surface area contributed by atoms with Crippen LogP contribution < -0.4 is 11.1 Å². The molecular formula is C19H17ClN6OS2. The SMILES string of the molecule is Cc1ccc2nc(NC(=O)Cn3c(N)nnc3SCc3ccccc3Cl)sc2c1. The number of hydrogen-bond donors (Lipinski definition) is 2. The number of nitrogens with one attached hydrogen (secondary N) is 1. The minimum atomic E-state index is -0.244. The van der Waals surface area contributed by atoms with Crippen LogP contribution in [0.2, 0.25) is 5.02 Å². The van der Waals surface area contributed by atoms with E-state index in [9.17, 15) is 4.79 Å². The molecule has 0 fully saturated rings. The topological polar surface area (TPSA) is 98.7 Å². The van der Waals surface area contributed by atoms with Gasteiger partial charge in [-0.3, -0.25) is 9.36 Å².